The van der Waals surface area contributed by atoms with Crippen molar-refractivity contribution in [3.63, 3.8) is 0 Å². The molecule has 10 nitrogen and oxygen atoms in total. The van der Waals surface area contributed by atoms with Gasteiger partial charge in [0.05, 0.1) is 17.7 Å². The standard InChI is InChI=1S/C21H22N4O6S/c1-13-7-5-6-8-16(13)23-32(29,30)14-9-10-17(18(11-14)31-4)22-12-15-19(26)24(2)21(28)25(3)20(15)27/h5-12,23,26H,1-4H3. The number of hydrogen-bond donors (Lipinski definition) is 2. The second-order valence-corrected chi connectivity index (χ2v) is 8.64. The molecular weight excluding hydrogens is 436 g/mol. The smallest absolute Gasteiger partial charge is 0.333 e. The Bertz CT molecular complexity index is 1440. The van der Waals surface area contributed by atoms with E-state index in [0.717, 1.165) is 20.9 Å². The maximum Gasteiger partial charge on any atom is 0.333 e. The highest BCUT2D eigenvalue weighted by molar-refractivity contribution is 7.92. The molecule has 0 spiro atoms. The third-order valence-corrected chi connectivity index (χ3v) is 6.21. The molecule has 0 radical (unpaired) electrons. The minimum absolute atomic E-state index is 0.0441. The summed E-state index contributed by atoms with van der Waals surface area (Å²) in [7, 11) is 0.0510. The van der Waals surface area contributed by atoms with E-state index in [-0.39, 0.29) is 21.9 Å². The van der Waals surface area contributed by atoms with Crippen LogP contribution in [0.1, 0.15) is 11.1 Å². The van der Waals surface area contributed by atoms with Crippen LogP contribution in [0.4, 0.5) is 11.4 Å². The Labute approximate surface area is 184 Å². The first-order valence-electron chi connectivity index (χ1n) is 9.36. The van der Waals surface area contributed by atoms with Gasteiger partial charge in [-0.2, -0.15) is 0 Å². The lowest BCUT2D eigenvalue weighted by molar-refractivity contribution is 0.410. The predicted molar refractivity (Wildman–Crippen MR) is 121 cm³/mol. The van der Waals surface area contributed by atoms with Crippen molar-refractivity contribution in [2.45, 2.75) is 11.8 Å². The van der Waals surface area contributed by atoms with Crippen molar-refractivity contribution in [3.8, 4) is 11.6 Å². The van der Waals surface area contributed by atoms with Gasteiger partial charge in [0, 0.05) is 26.4 Å². The molecule has 0 amide bonds. The number of benzene rings is 2. The van der Waals surface area contributed by atoms with Gasteiger partial charge in [-0.1, -0.05) is 18.2 Å². The van der Waals surface area contributed by atoms with Gasteiger partial charge in [0.1, 0.15) is 17.0 Å². The van der Waals surface area contributed by atoms with Crippen molar-refractivity contribution >= 4 is 27.6 Å². The Morgan fingerprint density at radius 3 is 2.44 bits per heavy atom. The average molecular weight is 458 g/mol. The van der Waals surface area contributed by atoms with Crippen LogP contribution in [-0.2, 0) is 24.1 Å². The van der Waals surface area contributed by atoms with Crippen LogP contribution in [0.15, 0.2) is 61.9 Å². The number of para-hydroxylation sites is 1. The molecule has 0 aliphatic rings. The van der Waals surface area contributed by atoms with E-state index in [9.17, 15) is 23.1 Å². The number of aromatic nitrogens is 2. The predicted octanol–water partition coefficient (Wildman–Crippen LogP) is 1.66. The molecule has 2 aromatic carbocycles. The highest BCUT2D eigenvalue weighted by Crippen LogP contribution is 2.31. The number of aliphatic imine (C=N–C) groups is 1. The number of rotatable bonds is 6. The van der Waals surface area contributed by atoms with E-state index in [2.05, 4.69) is 9.71 Å². The summed E-state index contributed by atoms with van der Waals surface area (Å²) in [5.41, 5.74) is -0.169. The van der Waals surface area contributed by atoms with Crippen LogP contribution in [0.5, 0.6) is 11.6 Å². The van der Waals surface area contributed by atoms with E-state index in [0.29, 0.717) is 5.69 Å². The molecule has 32 heavy (non-hydrogen) atoms. The SMILES string of the molecule is COc1cc(S(=O)(=O)Nc2ccccc2C)ccc1N=Cc1c(O)n(C)c(=O)n(C)c1=O. The maximum atomic E-state index is 12.8. The van der Waals surface area contributed by atoms with Crippen molar-refractivity contribution in [2.75, 3.05) is 11.8 Å². The van der Waals surface area contributed by atoms with Gasteiger partial charge < -0.3 is 9.84 Å². The number of aryl methyl sites for hydroxylation is 1. The van der Waals surface area contributed by atoms with E-state index in [1.807, 2.05) is 0 Å². The van der Waals surface area contributed by atoms with Crippen LogP contribution in [0.25, 0.3) is 0 Å². The fraction of sp³-hybridized carbons (Fsp3) is 0.190. The van der Waals surface area contributed by atoms with E-state index < -0.39 is 27.2 Å². The van der Waals surface area contributed by atoms with Crippen molar-refractivity contribution in [1.82, 2.24) is 9.13 Å². The lowest BCUT2D eigenvalue weighted by Crippen LogP contribution is -2.38. The van der Waals surface area contributed by atoms with Gasteiger partial charge in [0.25, 0.3) is 15.6 Å². The fourth-order valence-corrected chi connectivity index (χ4v) is 4.08. The molecule has 3 rings (SSSR count). The quantitative estimate of drug-likeness (QED) is 0.540. The third-order valence-electron chi connectivity index (χ3n) is 4.85. The first-order chi connectivity index (χ1) is 15.1. The topological polar surface area (TPSA) is 132 Å². The highest BCUT2D eigenvalue weighted by Gasteiger charge is 2.18. The molecule has 0 fully saturated rings. The van der Waals surface area contributed by atoms with Gasteiger partial charge in [-0.15, -0.1) is 0 Å². The van der Waals surface area contributed by atoms with Crippen LogP contribution in [-0.4, -0.2) is 36.0 Å². The van der Waals surface area contributed by atoms with Crippen LogP contribution in [0.2, 0.25) is 0 Å². The van der Waals surface area contributed by atoms with Crippen LogP contribution >= 0.6 is 0 Å². The molecule has 11 heteroatoms. The van der Waals surface area contributed by atoms with E-state index in [1.54, 1.807) is 31.2 Å². The van der Waals surface area contributed by atoms with Crippen LogP contribution < -0.4 is 20.7 Å². The second kappa shape index (κ2) is 8.71. The monoisotopic (exact) mass is 458 g/mol. The molecule has 0 atom stereocenters. The minimum Gasteiger partial charge on any atom is -0.494 e. The lowest BCUT2D eigenvalue weighted by atomic mass is 10.2. The number of ether oxygens (including phenoxy) is 1. The summed E-state index contributed by atoms with van der Waals surface area (Å²) < 4.78 is 35.1. The van der Waals surface area contributed by atoms with Crippen LogP contribution in [0.3, 0.4) is 0 Å². The molecular formula is C21H22N4O6S. The van der Waals surface area contributed by atoms with Gasteiger partial charge >= 0.3 is 5.69 Å². The molecule has 0 saturated carbocycles. The summed E-state index contributed by atoms with van der Waals surface area (Å²) in [6, 6.07) is 11.0. The van der Waals surface area contributed by atoms with Gasteiger partial charge in [-0.25, -0.2) is 13.2 Å². The van der Waals surface area contributed by atoms with E-state index in [1.165, 1.54) is 39.4 Å². The number of anilines is 1. The maximum absolute atomic E-state index is 12.8. The number of nitrogens with zero attached hydrogens (tertiary/aromatic N) is 3. The molecule has 0 aliphatic carbocycles. The number of aromatic hydroxyl groups is 1. The van der Waals surface area contributed by atoms with Gasteiger partial charge in [0.2, 0.25) is 5.88 Å². The normalized spacial score (nSPS) is 11.6. The largest absolute Gasteiger partial charge is 0.494 e. The summed E-state index contributed by atoms with van der Waals surface area (Å²) in [5.74, 6) is -0.405. The van der Waals surface area contributed by atoms with E-state index in [4.69, 9.17) is 4.74 Å². The Morgan fingerprint density at radius 1 is 1.09 bits per heavy atom. The zero-order valence-electron chi connectivity index (χ0n) is 17.9. The molecule has 0 aliphatic heterocycles. The Hall–Kier alpha value is -3.86. The molecule has 0 saturated heterocycles. The molecule has 1 heterocycles. The highest BCUT2D eigenvalue weighted by atomic mass is 32.2. The minimum atomic E-state index is -3.89. The first kappa shape index (κ1) is 22.8. The average Bonchev–Trinajstić information content (AvgIpc) is 2.77. The molecule has 3 aromatic rings. The molecule has 0 unspecified atom stereocenters. The number of methoxy groups -OCH3 is 1. The Morgan fingerprint density at radius 2 is 1.78 bits per heavy atom. The number of sulfonamides is 1. The molecule has 2 N–H and O–H groups in total. The zero-order valence-corrected chi connectivity index (χ0v) is 18.7. The number of hydrogen-bond acceptors (Lipinski definition) is 7. The van der Waals surface area contributed by atoms with Gasteiger partial charge in [-0.3, -0.25) is 23.6 Å². The first-order valence-corrected chi connectivity index (χ1v) is 10.8. The van der Waals surface area contributed by atoms with Crippen molar-refractivity contribution < 1.29 is 18.3 Å². The van der Waals surface area contributed by atoms with Crippen molar-refractivity contribution in [3.05, 3.63) is 74.4 Å². The van der Waals surface area contributed by atoms with Crippen LogP contribution in [0, 0.1) is 6.92 Å². The zero-order chi connectivity index (χ0) is 23.6. The summed E-state index contributed by atoms with van der Waals surface area (Å²) >= 11 is 0. The fourth-order valence-electron chi connectivity index (χ4n) is 2.93. The Kier molecular flexibility index (Phi) is 6.21. The summed E-state index contributed by atoms with van der Waals surface area (Å²) in [6.07, 6.45) is 1.09. The third kappa shape index (κ3) is 4.28. The van der Waals surface area contributed by atoms with Crippen molar-refractivity contribution in [2.24, 2.45) is 19.1 Å². The summed E-state index contributed by atoms with van der Waals surface area (Å²) in [4.78, 5) is 28.3. The number of nitrogens with one attached hydrogen (secondary N) is 1. The van der Waals surface area contributed by atoms with Gasteiger partial charge in [0.15, 0.2) is 0 Å². The van der Waals surface area contributed by atoms with Gasteiger partial charge in [-0.05, 0) is 30.7 Å². The summed E-state index contributed by atoms with van der Waals surface area (Å²) in [6.45, 7) is 1.79. The summed E-state index contributed by atoms with van der Waals surface area (Å²) in [5, 5.41) is 10.1. The second-order valence-electron chi connectivity index (χ2n) is 6.96. The molecule has 1 aromatic heterocycles. The van der Waals surface area contributed by atoms with Crippen molar-refractivity contribution in [1.29, 1.82) is 0 Å². The molecule has 0 bridgehead atoms. The van der Waals surface area contributed by atoms with E-state index >= 15 is 0 Å². The Balaban J connectivity index is 1.99. The lowest BCUT2D eigenvalue weighted by Gasteiger charge is -2.12. The molecule has 168 valence electrons.